The Bertz CT molecular complexity index is 202. The highest BCUT2D eigenvalue weighted by molar-refractivity contribution is 5.85. The lowest BCUT2D eigenvalue weighted by atomic mass is 9.92. The molecule has 0 saturated carbocycles. The number of ether oxygens (including phenoxy) is 1. The van der Waals surface area contributed by atoms with E-state index in [0.29, 0.717) is 12.6 Å². The topological polar surface area (TPSA) is 50.4 Å². The number of carbonyl (C=O) groups excluding carboxylic acids is 1. The Labute approximate surface area is 104 Å². The number of methoxy groups -OCH3 is 1. The summed E-state index contributed by atoms with van der Waals surface area (Å²) < 4.78 is 4.92. The quantitative estimate of drug-likeness (QED) is 0.715. The van der Waals surface area contributed by atoms with Crippen LogP contribution in [-0.2, 0) is 9.53 Å². The monoisotopic (exact) mass is 250 g/mol. The van der Waals surface area contributed by atoms with Crippen LogP contribution in [0.4, 0.5) is 0 Å². The summed E-state index contributed by atoms with van der Waals surface area (Å²) in [6, 6.07) is 0.466. The van der Waals surface area contributed by atoms with Crippen molar-refractivity contribution in [2.24, 2.45) is 5.92 Å². The standard InChI is InChI=1S/C11H22N2O2.ClH/c1-9-8-10(4-6-12-9)11(14)13-5-3-7-15-2;/h9-10,12H,3-8H2,1-2H3,(H,13,14);1H/t9-,10-;/m0./s1. The van der Waals surface area contributed by atoms with Gasteiger partial charge in [-0.05, 0) is 32.7 Å². The van der Waals surface area contributed by atoms with Crippen LogP contribution in [0, 0.1) is 5.92 Å². The van der Waals surface area contributed by atoms with Crippen LogP contribution in [0.25, 0.3) is 0 Å². The zero-order chi connectivity index (χ0) is 11.1. The van der Waals surface area contributed by atoms with Crippen molar-refractivity contribution < 1.29 is 9.53 Å². The molecule has 1 aliphatic rings. The van der Waals surface area contributed by atoms with Crippen molar-refractivity contribution in [2.75, 3.05) is 26.8 Å². The molecule has 5 heteroatoms. The molecule has 4 nitrogen and oxygen atoms in total. The lowest BCUT2D eigenvalue weighted by molar-refractivity contribution is -0.126. The molecule has 1 aliphatic heterocycles. The molecule has 0 spiro atoms. The van der Waals surface area contributed by atoms with E-state index in [-0.39, 0.29) is 24.2 Å². The Morgan fingerprint density at radius 1 is 1.56 bits per heavy atom. The van der Waals surface area contributed by atoms with E-state index in [0.717, 1.165) is 32.4 Å². The van der Waals surface area contributed by atoms with Gasteiger partial charge in [0, 0.05) is 32.2 Å². The largest absolute Gasteiger partial charge is 0.385 e. The van der Waals surface area contributed by atoms with Crippen molar-refractivity contribution >= 4 is 18.3 Å². The summed E-state index contributed by atoms with van der Waals surface area (Å²) >= 11 is 0. The third kappa shape index (κ3) is 5.68. The number of hydrogen-bond donors (Lipinski definition) is 2. The molecule has 16 heavy (non-hydrogen) atoms. The van der Waals surface area contributed by atoms with Crippen molar-refractivity contribution in [3.63, 3.8) is 0 Å². The van der Waals surface area contributed by atoms with Gasteiger partial charge in [0.05, 0.1) is 0 Å². The van der Waals surface area contributed by atoms with Crippen LogP contribution in [-0.4, -0.2) is 38.8 Å². The smallest absolute Gasteiger partial charge is 0.223 e. The normalized spacial score (nSPS) is 24.6. The fraction of sp³-hybridized carbons (Fsp3) is 0.909. The second kappa shape index (κ2) is 8.79. The van der Waals surface area contributed by atoms with Gasteiger partial charge in [-0.3, -0.25) is 4.79 Å². The maximum absolute atomic E-state index is 11.7. The molecule has 0 radical (unpaired) electrons. The number of nitrogens with one attached hydrogen (secondary N) is 2. The van der Waals surface area contributed by atoms with Gasteiger partial charge in [0.25, 0.3) is 0 Å². The average Bonchev–Trinajstić information content (AvgIpc) is 2.24. The van der Waals surface area contributed by atoms with Gasteiger partial charge in [0.2, 0.25) is 5.91 Å². The molecule has 1 rings (SSSR count). The van der Waals surface area contributed by atoms with Crippen LogP contribution >= 0.6 is 12.4 Å². The molecular weight excluding hydrogens is 228 g/mol. The van der Waals surface area contributed by atoms with E-state index >= 15 is 0 Å². The highest BCUT2D eigenvalue weighted by Gasteiger charge is 2.23. The van der Waals surface area contributed by atoms with Gasteiger partial charge in [0.15, 0.2) is 0 Å². The van der Waals surface area contributed by atoms with Crippen LogP contribution < -0.4 is 10.6 Å². The number of rotatable bonds is 5. The number of carbonyl (C=O) groups is 1. The van der Waals surface area contributed by atoms with Gasteiger partial charge in [0.1, 0.15) is 0 Å². The maximum Gasteiger partial charge on any atom is 0.223 e. The lowest BCUT2D eigenvalue weighted by Gasteiger charge is -2.27. The lowest BCUT2D eigenvalue weighted by Crippen LogP contribution is -2.42. The van der Waals surface area contributed by atoms with E-state index in [2.05, 4.69) is 17.6 Å². The van der Waals surface area contributed by atoms with Gasteiger partial charge in [-0.25, -0.2) is 0 Å². The molecule has 1 fully saturated rings. The minimum absolute atomic E-state index is 0. The first kappa shape index (κ1) is 15.7. The molecule has 0 aromatic rings. The highest BCUT2D eigenvalue weighted by Crippen LogP contribution is 2.15. The third-order valence-corrected chi connectivity index (χ3v) is 2.82. The molecule has 96 valence electrons. The molecule has 2 atom stereocenters. The van der Waals surface area contributed by atoms with Crippen molar-refractivity contribution in [3.8, 4) is 0 Å². The van der Waals surface area contributed by atoms with Crippen molar-refractivity contribution in [3.05, 3.63) is 0 Å². The van der Waals surface area contributed by atoms with Crippen LogP contribution in [0.2, 0.25) is 0 Å². The summed E-state index contributed by atoms with van der Waals surface area (Å²) in [6.45, 7) is 4.52. The molecule has 1 saturated heterocycles. The number of halogens is 1. The first-order valence-corrected chi connectivity index (χ1v) is 5.74. The molecule has 2 N–H and O–H groups in total. The van der Waals surface area contributed by atoms with Gasteiger partial charge in [-0.15, -0.1) is 12.4 Å². The Hall–Kier alpha value is -0.320. The molecule has 0 aromatic heterocycles. The predicted octanol–water partition coefficient (Wildman–Crippen LogP) is 0.949. The van der Waals surface area contributed by atoms with E-state index in [1.54, 1.807) is 7.11 Å². The fourth-order valence-corrected chi connectivity index (χ4v) is 1.94. The maximum atomic E-state index is 11.7. The zero-order valence-corrected chi connectivity index (χ0v) is 10.9. The SMILES string of the molecule is COCCCNC(=O)[C@H]1CCN[C@@H](C)C1.Cl. The van der Waals surface area contributed by atoms with Crippen molar-refractivity contribution in [1.82, 2.24) is 10.6 Å². The second-order valence-electron chi connectivity index (χ2n) is 4.21. The first-order valence-electron chi connectivity index (χ1n) is 5.74. The molecule has 1 heterocycles. The highest BCUT2D eigenvalue weighted by atomic mass is 35.5. The summed E-state index contributed by atoms with van der Waals surface area (Å²) in [6.07, 6.45) is 2.80. The Balaban J connectivity index is 0.00000225. The number of hydrogen-bond acceptors (Lipinski definition) is 3. The van der Waals surface area contributed by atoms with Crippen molar-refractivity contribution in [2.45, 2.75) is 32.2 Å². The molecule has 0 aromatic carbocycles. The fourth-order valence-electron chi connectivity index (χ4n) is 1.94. The summed E-state index contributed by atoms with van der Waals surface area (Å²) in [4.78, 5) is 11.7. The Morgan fingerprint density at radius 3 is 2.94 bits per heavy atom. The van der Waals surface area contributed by atoms with E-state index in [1.807, 2.05) is 0 Å². The third-order valence-electron chi connectivity index (χ3n) is 2.82. The molecule has 0 unspecified atom stereocenters. The Kier molecular flexibility index (Phi) is 8.61. The Morgan fingerprint density at radius 2 is 2.31 bits per heavy atom. The van der Waals surface area contributed by atoms with Crippen LogP contribution in [0.1, 0.15) is 26.2 Å². The van der Waals surface area contributed by atoms with Crippen molar-refractivity contribution in [1.29, 1.82) is 0 Å². The van der Waals surface area contributed by atoms with Gasteiger partial charge >= 0.3 is 0 Å². The summed E-state index contributed by atoms with van der Waals surface area (Å²) in [5, 5.41) is 6.30. The zero-order valence-electron chi connectivity index (χ0n) is 10.1. The predicted molar refractivity (Wildman–Crippen MR) is 66.9 cm³/mol. The van der Waals surface area contributed by atoms with E-state index in [1.165, 1.54) is 0 Å². The van der Waals surface area contributed by atoms with Crippen LogP contribution in [0.5, 0.6) is 0 Å². The minimum atomic E-state index is 0. The molecule has 1 amide bonds. The summed E-state index contributed by atoms with van der Waals surface area (Å²) in [7, 11) is 1.68. The van der Waals surface area contributed by atoms with E-state index in [4.69, 9.17) is 4.74 Å². The van der Waals surface area contributed by atoms with E-state index < -0.39 is 0 Å². The van der Waals surface area contributed by atoms with Gasteiger partial charge in [-0.1, -0.05) is 0 Å². The van der Waals surface area contributed by atoms with Crippen LogP contribution in [0.15, 0.2) is 0 Å². The minimum Gasteiger partial charge on any atom is -0.385 e. The number of amides is 1. The van der Waals surface area contributed by atoms with E-state index in [9.17, 15) is 4.79 Å². The molecule has 0 bridgehead atoms. The first-order chi connectivity index (χ1) is 7.24. The van der Waals surface area contributed by atoms with Gasteiger partial charge in [-0.2, -0.15) is 0 Å². The molecular formula is C11H23ClN2O2. The number of piperidine rings is 1. The second-order valence-corrected chi connectivity index (χ2v) is 4.21. The molecule has 0 aliphatic carbocycles. The average molecular weight is 251 g/mol. The van der Waals surface area contributed by atoms with Crippen LogP contribution in [0.3, 0.4) is 0 Å². The summed E-state index contributed by atoms with van der Waals surface area (Å²) in [5.74, 6) is 0.406. The van der Waals surface area contributed by atoms with Gasteiger partial charge < -0.3 is 15.4 Å². The summed E-state index contributed by atoms with van der Waals surface area (Å²) in [5.41, 5.74) is 0.